The van der Waals surface area contributed by atoms with E-state index in [4.69, 9.17) is 0 Å². The molecule has 0 unspecified atom stereocenters. The highest BCUT2D eigenvalue weighted by Gasteiger charge is 2.35. The fourth-order valence-electron chi connectivity index (χ4n) is 3.14. The first-order valence-corrected chi connectivity index (χ1v) is 8.30. The van der Waals surface area contributed by atoms with Crippen LogP contribution in [-0.2, 0) is 4.79 Å². The maximum Gasteiger partial charge on any atom is 0.239 e. The molecule has 22 heavy (non-hydrogen) atoms. The summed E-state index contributed by atoms with van der Waals surface area (Å²) in [5.41, 5.74) is 0.876. The molecule has 1 aliphatic carbocycles. The molecule has 0 heterocycles. The van der Waals surface area contributed by atoms with E-state index in [1.54, 1.807) is 0 Å². The molecule has 1 aromatic carbocycles. The Morgan fingerprint density at radius 3 is 2.73 bits per heavy atom. The van der Waals surface area contributed by atoms with E-state index in [1.807, 2.05) is 37.3 Å². The van der Waals surface area contributed by atoms with Gasteiger partial charge in [0.2, 0.25) is 5.91 Å². The van der Waals surface area contributed by atoms with Crippen LogP contribution in [0.15, 0.2) is 30.3 Å². The monoisotopic (exact) mass is 304 g/mol. The highest BCUT2D eigenvalue weighted by molar-refractivity contribution is 5.81. The largest absolute Gasteiger partial charge is 0.392 e. The Morgan fingerprint density at radius 2 is 2.09 bits per heavy atom. The number of benzene rings is 1. The van der Waals surface area contributed by atoms with Gasteiger partial charge in [-0.3, -0.25) is 4.79 Å². The van der Waals surface area contributed by atoms with Gasteiger partial charge >= 0.3 is 0 Å². The van der Waals surface area contributed by atoms with Gasteiger partial charge in [-0.05, 0) is 31.9 Å². The Morgan fingerprint density at radius 1 is 1.36 bits per heavy atom. The van der Waals surface area contributed by atoms with Crippen molar-refractivity contribution in [1.82, 2.24) is 5.32 Å². The van der Waals surface area contributed by atoms with Crippen LogP contribution < -0.4 is 10.2 Å². The maximum absolute atomic E-state index is 12.2. The van der Waals surface area contributed by atoms with Gasteiger partial charge in [0.05, 0.1) is 12.6 Å². The van der Waals surface area contributed by atoms with Gasteiger partial charge < -0.3 is 15.3 Å². The molecule has 0 bridgehead atoms. The number of aliphatic hydroxyl groups excluding tert-OH is 1. The topological polar surface area (TPSA) is 52.6 Å². The second-order valence-corrected chi connectivity index (χ2v) is 6.54. The summed E-state index contributed by atoms with van der Waals surface area (Å²) in [5, 5.41) is 13.2. The minimum atomic E-state index is -0.307. The first-order valence-electron chi connectivity index (χ1n) is 8.30. The lowest BCUT2D eigenvalue weighted by Crippen LogP contribution is -2.47. The van der Waals surface area contributed by atoms with E-state index in [2.05, 4.69) is 17.1 Å². The number of aliphatic hydroxyl groups is 1. The van der Waals surface area contributed by atoms with Crippen molar-refractivity contribution in [1.29, 1.82) is 0 Å². The van der Waals surface area contributed by atoms with Gasteiger partial charge in [-0.2, -0.15) is 0 Å². The number of nitrogens with zero attached hydrogens (tertiary/aromatic N) is 1. The fraction of sp³-hybridized carbons (Fsp3) is 0.611. The van der Waals surface area contributed by atoms with Gasteiger partial charge in [0.25, 0.3) is 0 Å². The molecule has 0 radical (unpaired) electrons. The van der Waals surface area contributed by atoms with Gasteiger partial charge in [-0.15, -0.1) is 0 Å². The van der Waals surface area contributed by atoms with Crippen molar-refractivity contribution in [2.45, 2.75) is 45.6 Å². The number of hydrogen-bond donors (Lipinski definition) is 2. The van der Waals surface area contributed by atoms with Crippen LogP contribution in [0.1, 0.15) is 39.5 Å². The number of carbonyl (C=O) groups excluding carboxylic acids is 1. The molecule has 4 heteroatoms. The third-order valence-electron chi connectivity index (χ3n) is 4.81. The molecule has 1 fully saturated rings. The van der Waals surface area contributed by atoms with E-state index in [0.717, 1.165) is 37.9 Å². The number of carbonyl (C=O) groups is 1. The van der Waals surface area contributed by atoms with Gasteiger partial charge in [0.1, 0.15) is 0 Å². The molecule has 1 saturated carbocycles. The molecule has 2 atom stereocenters. The normalized spacial score (nSPS) is 24.8. The number of anilines is 1. The number of nitrogens with one attached hydrogen (secondary N) is 1. The second-order valence-electron chi connectivity index (χ2n) is 6.54. The lowest BCUT2D eigenvalue weighted by molar-refractivity contribution is -0.121. The van der Waals surface area contributed by atoms with Crippen LogP contribution >= 0.6 is 0 Å². The Hall–Kier alpha value is -1.55. The second kappa shape index (κ2) is 7.63. The first kappa shape index (κ1) is 16.8. The average Bonchev–Trinajstić information content (AvgIpc) is 2.54. The molecule has 0 aromatic heterocycles. The number of para-hydroxylation sites is 1. The highest BCUT2D eigenvalue weighted by atomic mass is 16.3. The van der Waals surface area contributed by atoms with Crippen LogP contribution in [0.25, 0.3) is 0 Å². The first-order chi connectivity index (χ1) is 10.5. The summed E-state index contributed by atoms with van der Waals surface area (Å²) in [6, 6.07) is 9.97. The van der Waals surface area contributed by atoms with Gasteiger partial charge in [0, 0.05) is 24.2 Å². The maximum atomic E-state index is 12.2. The third kappa shape index (κ3) is 4.23. The molecule has 4 nitrogen and oxygen atoms in total. The van der Waals surface area contributed by atoms with Gasteiger partial charge in [-0.1, -0.05) is 38.0 Å². The van der Waals surface area contributed by atoms with Crippen LogP contribution in [0.4, 0.5) is 5.69 Å². The Balaban J connectivity index is 1.87. The van der Waals surface area contributed by atoms with Crippen LogP contribution in [0.2, 0.25) is 0 Å². The van der Waals surface area contributed by atoms with E-state index >= 15 is 0 Å². The third-order valence-corrected chi connectivity index (χ3v) is 4.81. The number of rotatable bonds is 6. The standard InChI is InChI=1S/C18H28N2O2/c1-3-20(15-9-5-4-6-10-15)13-17(22)19-14-18(2)12-8-7-11-16(18)21/h4-6,9-10,16,21H,3,7-8,11-14H2,1-2H3,(H,19,22)/t16-,18+/m1/s1. The Bertz CT molecular complexity index is 477. The molecular formula is C18H28N2O2. The Labute approximate surface area is 133 Å². The molecule has 1 aromatic rings. The minimum absolute atomic E-state index is 0.0182. The highest BCUT2D eigenvalue weighted by Crippen LogP contribution is 2.35. The summed E-state index contributed by atoms with van der Waals surface area (Å²) in [6.07, 6.45) is 3.73. The van der Waals surface area contributed by atoms with E-state index in [0.29, 0.717) is 13.1 Å². The number of amides is 1. The molecule has 2 N–H and O–H groups in total. The van der Waals surface area contributed by atoms with Crippen molar-refractivity contribution in [3.05, 3.63) is 30.3 Å². The molecule has 0 aliphatic heterocycles. The van der Waals surface area contributed by atoms with E-state index in [1.165, 1.54) is 0 Å². The molecule has 2 rings (SSSR count). The van der Waals surface area contributed by atoms with Gasteiger partial charge in [0.15, 0.2) is 0 Å². The van der Waals surface area contributed by atoms with Crippen molar-refractivity contribution in [2.24, 2.45) is 5.41 Å². The van der Waals surface area contributed by atoms with Crippen molar-refractivity contribution >= 4 is 11.6 Å². The fourth-order valence-corrected chi connectivity index (χ4v) is 3.14. The number of likely N-dealkylation sites (N-methyl/N-ethyl adjacent to an activating group) is 1. The summed E-state index contributed by atoms with van der Waals surface area (Å²) in [5.74, 6) is 0.0182. The zero-order valence-corrected chi connectivity index (χ0v) is 13.7. The molecule has 122 valence electrons. The van der Waals surface area contributed by atoms with Gasteiger partial charge in [-0.25, -0.2) is 0 Å². The average molecular weight is 304 g/mol. The van der Waals surface area contributed by atoms with Crippen LogP contribution in [0.3, 0.4) is 0 Å². The molecule has 1 aliphatic rings. The summed E-state index contributed by atoms with van der Waals surface area (Å²) in [6.45, 7) is 5.82. The molecule has 1 amide bonds. The zero-order valence-electron chi connectivity index (χ0n) is 13.7. The van der Waals surface area contributed by atoms with Crippen LogP contribution in [0.5, 0.6) is 0 Å². The molecule has 0 spiro atoms. The minimum Gasteiger partial charge on any atom is -0.392 e. The Kier molecular flexibility index (Phi) is 5.83. The summed E-state index contributed by atoms with van der Waals surface area (Å²) in [4.78, 5) is 14.3. The predicted octanol–water partition coefficient (Wildman–Crippen LogP) is 2.57. The van der Waals surface area contributed by atoms with Crippen molar-refractivity contribution in [3.8, 4) is 0 Å². The molecular weight excluding hydrogens is 276 g/mol. The zero-order chi connectivity index (χ0) is 16.0. The van der Waals surface area contributed by atoms with Crippen molar-refractivity contribution in [2.75, 3.05) is 24.5 Å². The van der Waals surface area contributed by atoms with E-state index < -0.39 is 0 Å². The summed E-state index contributed by atoms with van der Waals surface area (Å²) >= 11 is 0. The van der Waals surface area contributed by atoms with E-state index in [9.17, 15) is 9.90 Å². The smallest absolute Gasteiger partial charge is 0.239 e. The summed E-state index contributed by atoms with van der Waals surface area (Å²) in [7, 11) is 0. The van der Waals surface area contributed by atoms with E-state index in [-0.39, 0.29) is 17.4 Å². The van der Waals surface area contributed by atoms with Crippen molar-refractivity contribution < 1.29 is 9.90 Å². The SMILES string of the molecule is CCN(CC(=O)NC[C@]1(C)CCCC[C@H]1O)c1ccccc1. The predicted molar refractivity (Wildman–Crippen MR) is 89.9 cm³/mol. The van der Waals surface area contributed by atoms with Crippen LogP contribution in [-0.4, -0.2) is 36.8 Å². The van der Waals surface area contributed by atoms with Crippen molar-refractivity contribution in [3.63, 3.8) is 0 Å². The lowest BCUT2D eigenvalue weighted by Gasteiger charge is -2.38. The molecule has 0 saturated heterocycles. The summed E-state index contributed by atoms with van der Waals surface area (Å²) < 4.78 is 0. The quantitative estimate of drug-likeness (QED) is 0.849. The van der Waals surface area contributed by atoms with Crippen LogP contribution in [0, 0.1) is 5.41 Å². The number of hydrogen-bond acceptors (Lipinski definition) is 3. The lowest BCUT2D eigenvalue weighted by atomic mass is 9.73.